The number of imidazole rings is 1. The van der Waals surface area contributed by atoms with E-state index in [1.54, 1.807) is 6.92 Å². The Morgan fingerprint density at radius 1 is 1.20 bits per heavy atom. The second-order valence-electron chi connectivity index (χ2n) is 6.73. The number of aromatic nitrogens is 4. The highest BCUT2D eigenvalue weighted by Gasteiger charge is 2.23. The molecule has 0 atom stereocenters. The Labute approximate surface area is 175 Å². The molecular formula is C19H23N5O5S. The maximum Gasteiger partial charge on any atom is 0.341 e. The van der Waals surface area contributed by atoms with Crippen molar-refractivity contribution < 1.29 is 14.3 Å². The number of rotatable bonds is 6. The minimum absolute atomic E-state index is 0.150. The topological polar surface area (TPSA) is 117 Å². The Morgan fingerprint density at radius 3 is 2.53 bits per heavy atom. The Hall–Kier alpha value is -3.21. The lowest BCUT2D eigenvalue weighted by Crippen LogP contribution is -2.37. The number of ether oxygens (including phenoxy) is 1. The summed E-state index contributed by atoms with van der Waals surface area (Å²) in [4.78, 5) is 54.8. The van der Waals surface area contributed by atoms with E-state index < -0.39 is 23.1 Å². The van der Waals surface area contributed by atoms with Gasteiger partial charge in [-0.05, 0) is 25.8 Å². The van der Waals surface area contributed by atoms with Crippen LogP contribution >= 0.6 is 11.3 Å². The molecule has 0 aliphatic carbocycles. The molecule has 3 heterocycles. The summed E-state index contributed by atoms with van der Waals surface area (Å²) in [6, 6.07) is 0. The van der Waals surface area contributed by atoms with Crippen molar-refractivity contribution in [1.29, 1.82) is 0 Å². The van der Waals surface area contributed by atoms with E-state index in [9.17, 15) is 19.2 Å². The minimum Gasteiger partial charge on any atom is -0.462 e. The van der Waals surface area contributed by atoms with Crippen LogP contribution < -0.4 is 16.6 Å². The van der Waals surface area contributed by atoms with E-state index in [0.717, 1.165) is 21.4 Å². The number of thiophene rings is 1. The summed E-state index contributed by atoms with van der Waals surface area (Å²) < 4.78 is 8.73. The number of esters is 1. The molecule has 0 aliphatic rings. The lowest BCUT2D eigenvalue weighted by molar-refractivity contribution is -0.116. The van der Waals surface area contributed by atoms with E-state index in [4.69, 9.17) is 4.74 Å². The molecule has 0 spiro atoms. The second kappa shape index (κ2) is 8.27. The molecule has 0 unspecified atom stereocenters. The lowest BCUT2D eigenvalue weighted by Gasteiger charge is -2.09. The summed E-state index contributed by atoms with van der Waals surface area (Å²) in [5.41, 5.74) is 0.447. The zero-order valence-electron chi connectivity index (χ0n) is 17.4. The third kappa shape index (κ3) is 3.56. The Morgan fingerprint density at radius 2 is 1.90 bits per heavy atom. The van der Waals surface area contributed by atoms with Gasteiger partial charge in [-0.15, -0.1) is 11.3 Å². The van der Waals surface area contributed by atoms with Gasteiger partial charge in [0, 0.05) is 19.0 Å². The molecular weight excluding hydrogens is 410 g/mol. The number of nitrogens with one attached hydrogen (secondary N) is 1. The van der Waals surface area contributed by atoms with E-state index in [-0.39, 0.29) is 24.3 Å². The number of aryl methyl sites for hydroxylation is 2. The predicted molar refractivity (Wildman–Crippen MR) is 113 cm³/mol. The predicted octanol–water partition coefficient (Wildman–Crippen LogP) is 1.18. The molecule has 0 saturated heterocycles. The summed E-state index contributed by atoms with van der Waals surface area (Å²) in [5.74, 6) is -0.919. The molecule has 10 nitrogen and oxygen atoms in total. The van der Waals surface area contributed by atoms with Crippen molar-refractivity contribution in [3.8, 4) is 0 Å². The quantitative estimate of drug-likeness (QED) is 0.584. The van der Waals surface area contributed by atoms with Gasteiger partial charge in [-0.3, -0.25) is 18.7 Å². The van der Waals surface area contributed by atoms with Crippen LogP contribution in [0.15, 0.2) is 15.9 Å². The van der Waals surface area contributed by atoms with Crippen molar-refractivity contribution in [2.75, 3.05) is 11.9 Å². The van der Waals surface area contributed by atoms with Gasteiger partial charge in [0.25, 0.3) is 5.56 Å². The van der Waals surface area contributed by atoms with Crippen LogP contribution in [-0.4, -0.2) is 37.2 Å². The first-order valence-electron chi connectivity index (χ1n) is 9.41. The van der Waals surface area contributed by atoms with Gasteiger partial charge < -0.3 is 14.6 Å². The summed E-state index contributed by atoms with van der Waals surface area (Å²) in [7, 11) is 2.88. The molecule has 0 fully saturated rings. The Bertz CT molecular complexity index is 1260. The normalized spacial score (nSPS) is 11.1. The van der Waals surface area contributed by atoms with Crippen LogP contribution in [0.1, 0.15) is 34.6 Å². The van der Waals surface area contributed by atoms with Crippen LogP contribution in [0.25, 0.3) is 11.2 Å². The molecule has 11 heteroatoms. The molecule has 30 heavy (non-hydrogen) atoms. The molecule has 3 rings (SSSR count). The highest BCUT2D eigenvalue weighted by molar-refractivity contribution is 7.17. The van der Waals surface area contributed by atoms with E-state index in [2.05, 4.69) is 10.3 Å². The van der Waals surface area contributed by atoms with Gasteiger partial charge in [0.1, 0.15) is 11.5 Å². The third-order valence-electron chi connectivity index (χ3n) is 4.83. The smallest absolute Gasteiger partial charge is 0.341 e. The van der Waals surface area contributed by atoms with Crippen molar-refractivity contribution in [3.05, 3.63) is 43.2 Å². The van der Waals surface area contributed by atoms with Crippen LogP contribution in [0.4, 0.5) is 5.00 Å². The summed E-state index contributed by atoms with van der Waals surface area (Å²) in [6.45, 7) is 5.54. The SMILES string of the molecule is CCOC(=O)c1c(NC(=O)Cn2cnc3c2c(=O)n(C)c(=O)n3C)sc(CC)c1C. The van der Waals surface area contributed by atoms with Gasteiger partial charge >= 0.3 is 11.7 Å². The van der Waals surface area contributed by atoms with Crippen LogP contribution in [0, 0.1) is 6.92 Å². The van der Waals surface area contributed by atoms with Crippen LogP contribution in [-0.2, 0) is 36.6 Å². The lowest BCUT2D eigenvalue weighted by atomic mass is 10.1. The first-order valence-corrected chi connectivity index (χ1v) is 10.2. The second-order valence-corrected chi connectivity index (χ2v) is 7.83. The molecule has 0 bridgehead atoms. The number of hydrogen-bond donors (Lipinski definition) is 1. The van der Waals surface area contributed by atoms with Gasteiger partial charge in [0.05, 0.1) is 18.5 Å². The highest BCUT2D eigenvalue weighted by Crippen LogP contribution is 2.34. The van der Waals surface area contributed by atoms with Crippen molar-refractivity contribution in [2.24, 2.45) is 14.1 Å². The Balaban J connectivity index is 1.95. The molecule has 3 aromatic rings. The number of fused-ring (bicyclic) bond motifs is 1. The molecule has 0 radical (unpaired) electrons. The third-order valence-corrected chi connectivity index (χ3v) is 6.18. The van der Waals surface area contributed by atoms with Crippen LogP contribution in [0.3, 0.4) is 0 Å². The maximum absolute atomic E-state index is 12.7. The number of carbonyl (C=O) groups excluding carboxylic acids is 2. The molecule has 0 saturated carbocycles. The minimum atomic E-state index is -0.536. The molecule has 160 valence electrons. The fourth-order valence-corrected chi connectivity index (χ4v) is 4.42. The average Bonchev–Trinajstić information content (AvgIpc) is 3.25. The summed E-state index contributed by atoms with van der Waals surface area (Å²) in [6.07, 6.45) is 2.06. The number of hydrogen-bond acceptors (Lipinski definition) is 7. The average molecular weight is 433 g/mol. The van der Waals surface area contributed by atoms with Gasteiger partial charge in [-0.2, -0.15) is 0 Å². The Kier molecular flexibility index (Phi) is 5.92. The molecule has 3 aromatic heterocycles. The van der Waals surface area contributed by atoms with Crippen LogP contribution in [0.2, 0.25) is 0 Å². The molecule has 1 amide bonds. The van der Waals surface area contributed by atoms with Crippen molar-refractivity contribution in [2.45, 2.75) is 33.7 Å². The number of carbonyl (C=O) groups is 2. The standard InChI is InChI=1S/C19H23N5O5S/c1-6-11-10(3)13(18(27)29-7-2)16(30-11)21-12(25)8-24-9-20-15-14(24)17(26)23(5)19(28)22(15)4/h9H,6-8H2,1-5H3,(H,21,25). The number of amides is 1. The fourth-order valence-electron chi connectivity index (χ4n) is 3.27. The van der Waals surface area contributed by atoms with E-state index in [1.807, 2.05) is 13.8 Å². The fraction of sp³-hybridized carbons (Fsp3) is 0.421. The highest BCUT2D eigenvalue weighted by atomic mass is 32.1. The zero-order valence-corrected chi connectivity index (χ0v) is 18.3. The maximum atomic E-state index is 12.7. The van der Waals surface area contributed by atoms with Gasteiger partial charge in [-0.25, -0.2) is 14.6 Å². The van der Waals surface area contributed by atoms with E-state index in [0.29, 0.717) is 10.6 Å². The largest absolute Gasteiger partial charge is 0.462 e. The monoisotopic (exact) mass is 433 g/mol. The van der Waals surface area contributed by atoms with Crippen molar-refractivity contribution >= 4 is 39.4 Å². The molecule has 1 N–H and O–H groups in total. The number of anilines is 1. The van der Waals surface area contributed by atoms with Gasteiger partial charge in [0.15, 0.2) is 11.2 Å². The first-order chi connectivity index (χ1) is 14.2. The zero-order chi connectivity index (χ0) is 22.2. The van der Waals surface area contributed by atoms with Crippen LogP contribution in [0.5, 0.6) is 0 Å². The van der Waals surface area contributed by atoms with Crippen molar-refractivity contribution in [3.63, 3.8) is 0 Å². The molecule has 0 aliphatic heterocycles. The molecule has 0 aromatic carbocycles. The summed E-state index contributed by atoms with van der Waals surface area (Å²) >= 11 is 1.33. The number of nitrogens with zero attached hydrogens (tertiary/aromatic N) is 4. The van der Waals surface area contributed by atoms with Crippen molar-refractivity contribution in [1.82, 2.24) is 18.7 Å². The van der Waals surface area contributed by atoms with E-state index >= 15 is 0 Å². The first kappa shape index (κ1) is 21.5. The summed E-state index contributed by atoms with van der Waals surface area (Å²) in [5, 5.41) is 3.18. The van der Waals surface area contributed by atoms with E-state index in [1.165, 1.54) is 40.9 Å². The van der Waals surface area contributed by atoms with Gasteiger partial charge in [-0.1, -0.05) is 6.92 Å². The van der Waals surface area contributed by atoms with Gasteiger partial charge in [0.2, 0.25) is 5.91 Å².